The third-order valence-electron chi connectivity index (χ3n) is 3.10. The zero-order chi connectivity index (χ0) is 12.8. The molecule has 1 aromatic carbocycles. The zero-order valence-electron chi connectivity index (χ0n) is 10.4. The number of hydrogen-bond acceptors (Lipinski definition) is 3. The van der Waals surface area contributed by atoms with Crippen LogP contribution in [0.3, 0.4) is 0 Å². The smallest absolute Gasteiger partial charge is 0.135 e. The maximum atomic E-state index is 11.1. The lowest BCUT2D eigenvalue weighted by Gasteiger charge is -2.25. The summed E-state index contributed by atoms with van der Waals surface area (Å²) in [7, 11) is 0. The molecule has 0 aliphatic carbocycles. The number of piperidine rings is 1. The fraction of sp³-hybridized carbons (Fsp3) is 0.500. The Labute approximate surface area is 113 Å². The van der Waals surface area contributed by atoms with Crippen molar-refractivity contribution < 1.29 is 9.53 Å². The molecule has 4 heteroatoms. The standard InChI is InChI=1S/C14H18ClNO2/c15-12-3-1-4-14(11-12)18-10-2-7-16-8-5-13(17)6-9-16/h1,3-4,11H,2,5-10H2. The summed E-state index contributed by atoms with van der Waals surface area (Å²) >= 11 is 5.87. The number of ether oxygens (including phenoxy) is 1. The fourth-order valence-corrected chi connectivity index (χ4v) is 2.24. The van der Waals surface area contributed by atoms with Crippen LogP contribution in [0.2, 0.25) is 5.02 Å². The minimum Gasteiger partial charge on any atom is -0.493 e. The minimum atomic E-state index is 0.390. The first-order valence-electron chi connectivity index (χ1n) is 6.36. The Kier molecular flexibility index (Phi) is 5.02. The summed E-state index contributed by atoms with van der Waals surface area (Å²) in [6, 6.07) is 7.44. The highest BCUT2D eigenvalue weighted by Gasteiger charge is 2.15. The van der Waals surface area contributed by atoms with Gasteiger partial charge in [0.15, 0.2) is 0 Å². The second-order valence-corrected chi connectivity index (χ2v) is 4.98. The summed E-state index contributed by atoms with van der Waals surface area (Å²) in [5.74, 6) is 1.21. The van der Waals surface area contributed by atoms with E-state index in [1.54, 1.807) is 0 Å². The first-order valence-corrected chi connectivity index (χ1v) is 6.74. The molecule has 0 bridgehead atoms. The second kappa shape index (κ2) is 6.76. The van der Waals surface area contributed by atoms with Crippen LogP contribution >= 0.6 is 11.6 Å². The van der Waals surface area contributed by atoms with Gasteiger partial charge < -0.3 is 9.64 Å². The number of Topliss-reactive ketones (excluding diaryl/α,β-unsaturated/α-hetero) is 1. The molecule has 98 valence electrons. The van der Waals surface area contributed by atoms with Crippen LogP contribution in [0.5, 0.6) is 5.75 Å². The van der Waals surface area contributed by atoms with Crippen LogP contribution in [0.1, 0.15) is 19.3 Å². The van der Waals surface area contributed by atoms with E-state index in [1.807, 2.05) is 24.3 Å². The number of ketones is 1. The molecule has 2 rings (SSSR count). The monoisotopic (exact) mass is 267 g/mol. The lowest BCUT2D eigenvalue weighted by Crippen LogP contribution is -2.34. The second-order valence-electron chi connectivity index (χ2n) is 4.54. The van der Waals surface area contributed by atoms with E-state index in [9.17, 15) is 4.79 Å². The van der Waals surface area contributed by atoms with E-state index in [1.165, 1.54) is 0 Å². The van der Waals surface area contributed by atoms with Crippen molar-refractivity contribution in [3.8, 4) is 5.75 Å². The van der Waals surface area contributed by atoms with Gasteiger partial charge in [0.05, 0.1) is 6.61 Å². The molecule has 1 heterocycles. The van der Waals surface area contributed by atoms with E-state index in [2.05, 4.69) is 4.90 Å². The summed E-state index contributed by atoms with van der Waals surface area (Å²) in [5, 5.41) is 0.696. The number of halogens is 1. The van der Waals surface area contributed by atoms with E-state index >= 15 is 0 Å². The van der Waals surface area contributed by atoms with Crippen LogP contribution in [0, 0.1) is 0 Å². The van der Waals surface area contributed by atoms with Crippen molar-refractivity contribution in [1.29, 1.82) is 0 Å². The Hall–Kier alpha value is -1.06. The number of benzene rings is 1. The molecule has 0 amide bonds. The highest BCUT2D eigenvalue weighted by atomic mass is 35.5. The fourth-order valence-electron chi connectivity index (χ4n) is 2.06. The van der Waals surface area contributed by atoms with E-state index in [4.69, 9.17) is 16.3 Å². The quantitative estimate of drug-likeness (QED) is 0.769. The van der Waals surface area contributed by atoms with Gasteiger partial charge in [0.1, 0.15) is 11.5 Å². The van der Waals surface area contributed by atoms with Crippen LogP contribution in [-0.4, -0.2) is 36.9 Å². The molecule has 18 heavy (non-hydrogen) atoms. The summed E-state index contributed by atoms with van der Waals surface area (Å²) in [5.41, 5.74) is 0. The predicted molar refractivity (Wildman–Crippen MR) is 72.2 cm³/mol. The van der Waals surface area contributed by atoms with Gasteiger partial charge in [0.25, 0.3) is 0 Å². The molecule has 0 saturated carbocycles. The van der Waals surface area contributed by atoms with Gasteiger partial charge in [-0.05, 0) is 24.6 Å². The topological polar surface area (TPSA) is 29.5 Å². The number of nitrogens with zero attached hydrogens (tertiary/aromatic N) is 1. The van der Waals surface area contributed by atoms with Crippen molar-refractivity contribution in [2.24, 2.45) is 0 Å². The largest absolute Gasteiger partial charge is 0.493 e. The van der Waals surface area contributed by atoms with E-state index in [0.717, 1.165) is 31.8 Å². The molecular weight excluding hydrogens is 250 g/mol. The van der Waals surface area contributed by atoms with Crippen molar-refractivity contribution in [1.82, 2.24) is 4.90 Å². The highest BCUT2D eigenvalue weighted by Crippen LogP contribution is 2.17. The van der Waals surface area contributed by atoms with E-state index in [-0.39, 0.29) is 0 Å². The molecule has 3 nitrogen and oxygen atoms in total. The molecule has 1 aliphatic heterocycles. The van der Waals surface area contributed by atoms with Gasteiger partial charge in [0.2, 0.25) is 0 Å². The predicted octanol–water partition coefficient (Wildman–Crippen LogP) is 2.77. The molecule has 1 fully saturated rings. The Morgan fingerprint density at radius 3 is 2.78 bits per heavy atom. The molecule has 0 spiro atoms. The van der Waals surface area contributed by atoms with Gasteiger partial charge >= 0.3 is 0 Å². The van der Waals surface area contributed by atoms with Gasteiger partial charge in [-0.1, -0.05) is 17.7 Å². The molecule has 0 aromatic heterocycles. The SMILES string of the molecule is O=C1CCN(CCCOc2cccc(Cl)c2)CC1. The molecule has 1 aliphatic rings. The van der Waals surface area contributed by atoms with Gasteiger partial charge in [-0.3, -0.25) is 4.79 Å². The number of carbonyl (C=O) groups excluding carboxylic acids is 1. The number of carbonyl (C=O) groups is 1. The van der Waals surface area contributed by atoms with Crippen LogP contribution in [-0.2, 0) is 4.79 Å². The highest BCUT2D eigenvalue weighted by molar-refractivity contribution is 6.30. The number of likely N-dealkylation sites (tertiary alicyclic amines) is 1. The van der Waals surface area contributed by atoms with Crippen molar-refractivity contribution in [3.63, 3.8) is 0 Å². The van der Waals surface area contributed by atoms with Gasteiger partial charge in [-0.15, -0.1) is 0 Å². The average Bonchev–Trinajstić information content (AvgIpc) is 2.37. The molecule has 0 radical (unpaired) electrons. The van der Waals surface area contributed by atoms with Crippen LogP contribution < -0.4 is 4.74 Å². The molecule has 0 N–H and O–H groups in total. The summed E-state index contributed by atoms with van der Waals surface area (Å²) < 4.78 is 5.62. The van der Waals surface area contributed by atoms with Crippen LogP contribution in [0.15, 0.2) is 24.3 Å². The van der Waals surface area contributed by atoms with E-state index < -0.39 is 0 Å². The Morgan fingerprint density at radius 1 is 1.28 bits per heavy atom. The average molecular weight is 268 g/mol. The minimum absolute atomic E-state index is 0.390. The third kappa shape index (κ3) is 4.31. The lowest BCUT2D eigenvalue weighted by molar-refractivity contribution is -0.121. The Bertz CT molecular complexity index is 399. The molecule has 0 atom stereocenters. The van der Waals surface area contributed by atoms with Gasteiger partial charge in [0, 0.05) is 37.5 Å². The molecule has 1 aromatic rings. The van der Waals surface area contributed by atoms with Crippen molar-refractivity contribution in [2.75, 3.05) is 26.2 Å². The summed E-state index contributed by atoms with van der Waals surface area (Å²) in [6.45, 7) is 3.48. The molecule has 1 saturated heterocycles. The van der Waals surface area contributed by atoms with Crippen molar-refractivity contribution in [3.05, 3.63) is 29.3 Å². The summed E-state index contributed by atoms with van der Waals surface area (Å²) in [4.78, 5) is 13.4. The van der Waals surface area contributed by atoms with Crippen LogP contribution in [0.25, 0.3) is 0 Å². The van der Waals surface area contributed by atoms with E-state index in [0.29, 0.717) is 30.3 Å². The summed E-state index contributed by atoms with van der Waals surface area (Å²) in [6.07, 6.45) is 2.38. The lowest BCUT2D eigenvalue weighted by atomic mass is 10.1. The van der Waals surface area contributed by atoms with Gasteiger partial charge in [-0.25, -0.2) is 0 Å². The van der Waals surface area contributed by atoms with Gasteiger partial charge in [-0.2, -0.15) is 0 Å². The third-order valence-corrected chi connectivity index (χ3v) is 3.33. The first-order chi connectivity index (χ1) is 8.74. The first kappa shape index (κ1) is 13.4. The zero-order valence-corrected chi connectivity index (χ0v) is 11.2. The van der Waals surface area contributed by atoms with Crippen molar-refractivity contribution in [2.45, 2.75) is 19.3 Å². The maximum Gasteiger partial charge on any atom is 0.135 e. The van der Waals surface area contributed by atoms with Crippen LogP contribution in [0.4, 0.5) is 0 Å². The normalized spacial score (nSPS) is 16.8. The Morgan fingerprint density at radius 2 is 2.06 bits per heavy atom. The Balaban J connectivity index is 1.63. The number of hydrogen-bond donors (Lipinski definition) is 0. The molecular formula is C14H18ClNO2. The molecule has 0 unspecified atom stereocenters. The number of rotatable bonds is 5. The van der Waals surface area contributed by atoms with Crippen molar-refractivity contribution >= 4 is 17.4 Å². The maximum absolute atomic E-state index is 11.1.